The molecule has 0 saturated carbocycles. The van der Waals surface area contributed by atoms with E-state index >= 15 is 0 Å². The predicted octanol–water partition coefficient (Wildman–Crippen LogP) is 2.45. The third kappa shape index (κ3) is 4.93. The van der Waals surface area contributed by atoms with Crippen LogP contribution in [0.1, 0.15) is 50.4 Å². The molecule has 1 fully saturated rings. The van der Waals surface area contributed by atoms with Crippen molar-refractivity contribution < 1.29 is 9.90 Å². The van der Waals surface area contributed by atoms with E-state index in [2.05, 4.69) is 22.1 Å². The molecule has 2 rings (SSSR count). The first-order valence-electron chi connectivity index (χ1n) is 8.64. The summed E-state index contributed by atoms with van der Waals surface area (Å²) in [6.45, 7) is 8.51. The summed E-state index contributed by atoms with van der Waals surface area (Å²) in [6.07, 6.45) is 4.61. The minimum atomic E-state index is -0.122. The molecule has 1 unspecified atom stereocenters. The lowest BCUT2D eigenvalue weighted by Crippen LogP contribution is -2.39. The van der Waals surface area contributed by atoms with E-state index < -0.39 is 0 Å². The average molecular weight is 319 g/mol. The van der Waals surface area contributed by atoms with Gasteiger partial charge in [0.2, 0.25) is 0 Å². The Kier molecular flexibility index (Phi) is 6.39. The van der Waals surface area contributed by atoms with E-state index in [1.807, 2.05) is 26.0 Å². The molecule has 23 heavy (non-hydrogen) atoms. The van der Waals surface area contributed by atoms with Gasteiger partial charge in [-0.3, -0.25) is 4.79 Å². The number of anilines is 1. The van der Waals surface area contributed by atoms with Crippen LogP contribution >= 0.6 is 0 Å². The molecule has 1 saturated heterocycles. The van der Waals surface area contributed by atoms with Crippen LogP contribution in [0.2, 0.25) is 0 Å². The summed E-state index contributed by atoms with van der Waals surface area (Å²) >= 11 is 0. The molecule has 5 heteroatoms. The molecule has 0 spiro atoms. The number of pyridine rings is 1. The summed E-state index contributed by atoms with van der Waals surface area (Å²) < 4.78 is 0. The van der Waals surface area contributed by atoms with Crippen molar-refractivity contribution in [2.75, 3.05) is 24.6 Å². The maximum Gasteiger partial charge on any atom is 0.253 e. The Morgan fingerprint density at radius 1 is 1.39 bits per heavy atom. The number of nitrogens with one attached hydrogen (secondary N) is 1. The van der Waals surface area contributed by atoms with Crippen molar-refractivity contribution in [1.82, 2.24) is 10.3 Å². The highest BCUT2D eigenvalue weighted by atomic mass is 16.3. The molecule has 0 aromatic carbocycles. The zero-order valence-electron chi connectivity index (χ0n) is 14.5. The Morgan fingerprint density at radius 3 is 2.61 bits per heavy atom. The number of aliphatic hydroxyl groups is 1. The van der Waals surface area contributed by atoms with Gasteiger partial charge in [0, 0.05) is 31.9 Å². The minimum absolute atomic E-state index is 0.0178. The normalized spacial score (nSPS) is 17.3. The van der Waals surface area contributed by atoms with Gasteiger partial charge in [-0.1, -0.05) is 20.8 Å². The molecule has 2 N–H and O–H groups in total. The molecule has 1 atom stereocenters. The summed E-state index contributed by atoms with van der Waals surface area (Å²) in [5.74, 6) is 1.90. The molecule has 2 heterocycles. The van der Waals surface area contributed by atoms with E-state index in [4.69, 9.17) is 5.11 Å². The van der Waals surface area contributed by atoms with Crippen molar-refractivity contribution in [3.8, 4) is 0 Å². The van der Waals surface area contributed by atoms with E-state index in [0.29, 0.717) is 12.0 Å². The number of carbonyl (C=O) groups excluding carboxylic acids is 1. The fourth-order valence-electron chi connectivity index (χ4n) is 2.91. The van der Waals surface area contributed by atoms with Crippen LogP contribution in [0.25, 0.3) is 0 Å². The Balaban J connectivity index is 1.97. The lowest BCUT2D eigenvalue weighted by molar-refractivity contribution is 0.0916. The SMILES string of the molecule is CC1CCN(c2ccc(C(=O)NC(CCO)C(C)C)cn2)CC1. The fraction of sp³-hybridized carbons (Fsp3) is 0.667. The summed E-state index contributed by atoms with van der Waals surface area (Å²) in [7, 11) is 0. The number of amides is 1. The van der Waals surface area contributed by atoms with Crippen LogP contribution < -0.4 is 10.2 Å². The summed E-state index contributed by atoms with van der Waals surface area (Å²) in [4.78, 5) is 19.1. The number of rotatable bonds is 6. The molecule has 1 aromatic rings. The zero-order chi connectivity index (χ0) is 16.8. The second-order valence-corrected chi connectivity index (χ2v) is 6.91. The van der Waals surface area contributed by atoms with Gasteiger partial charge in [-0.25, -0.2) is 4.98 Å². The quantitative estimate of drug-likeness (QED) is 0.845. The summed E-state index contributed by atoms with van der Waals surface area (Å²) in [6, 6.07) is 3.75. The Hall–Kier alpha value is -1.62. The Bertz CT molecular complexity index is 493. The fourth-order valence-corrected chi connectivity index (χ4v) is 2.91. The lowest BCUT2D eigenvalue weighted by Gasteiger charge is -2.31. The minimum Gasteiger partial charge on any atom is -0.396 e. The summed E-state index contributed by atoms with van der Waals surface area (Å²) in [5, 5.41) is 12.1. The van der Waals surface area contributed by atoms with Gasteiger partial charge in [0.15, 0.2) is 0 Å². The largest absolute Gasteiger partial charge is 0.396 e. The van der Waals surface area contributed by atoms with Crippen molar-refractivity contribution >= 4 is 11.7 Å². The van der Waals surface area contributed by atoms with Gasteiger partial charge < -0.3 is 15.3 Å². The van der Waals surface area contributed by atoms with E-state index in [9.17, 15) is 4.79 Å². The third-order valence-electron chi connectivity index (χ3n) is 4.68. The van der Waals surface area contributed by atoms with Crippen LogP contribution in [0.4, 0.5) is 5.82 Å². The number of hydrogen-bond acceptors (Lipinski definition) is 4. The van der Waals surface area contributed by atoms with Crippen molar-refractivity contribution in [3.63, 3.8) is 0 Å². The standard InChI is InChI=1S/C18H29N3O2/c1-13(2)16(8-11-22)20-18(23)15-4-5-17(19-12-15)21-9-6-14(3)7-10-21/h4-5,12-14,16,22H,6-11H2,1-3H3,(H,20,23). The maximum atomic E-state index is 12.3. The van der Waals surface area contributed by atoms with Gasteiger partial charge in [0.05, 0.1) is 5.56 Å². The van der Waals surface area contributed by atoms with Gasteiger partial charge in [-0.2, -0.15) is 0 Å². The molecule has 1 aromatic heterocycles. The molecule has 128 valence electrons. The molecule has 0 radical (unpaired) electrons. The molecule has 1 aliphatic heterocycles. The molecular formula is C18H29N3O2. The maximum absolute atomic E-state index is 12.3. The van der Waals surface area contributed by atoms with Crippen molar-refractivity contribution in [1.29, 1.82) is 0 Å². The molecular weight excluding hydrogens is 290 g/mol. The predicted molar refractivity (Wildman–Crippen MR) is 92.6 cm³/mol. The topological polar surface area (TPSA) is 65.5 Å². The molecule has 0 aliphatic carbocycles. The second-order valence-electron chi connectivity index (χ2n) is 6.91. The average Bonchev–Trinajstić information content (AvgIpc) is 2.55. The highest BCUT2D eigenvalue weighted by Gasteiger charge is 2.19. The van der Waals surface area contributed by atoms with Gasteiger partial charge in [-0.05, 0) is 43.2 Å². The van der Waals surface area contributed by atoms with Gasteiger partial charge in [-0.15, -0.1) is 0 Å². The van der Waals surface area contributed by atoms with Crippen molar-refractivity contribution in [2.45, 2.75) is 46.1 Å². The number of carbonyl (C=O) groups is 1. The molecule has 0 bridgehead atoms. The second kappa shape index (κ2) is 8.29. The Morgan fingerprint density at radius 2 is 2.09 bits per heavy atom. The first-order valence-corrected chi connectivity index (χ1v) is 8.64. The first-order chi connectivity index (χ1) is 11.0. The van der Waals surface area contributed by atoms with Crippen molar-refractivity contribution in [2.24, 2.45) is 11.8 Å². The van der Waals surface area contributed by atoms with E-state index in [-0.39, 0.29) is 24.5 Å². The highest BCUT2D eigenvalue weighted by Crippen LogP contribution is 2.21. The van der Waals surface area contributed by atoms with Gasteiger partial charge >= 0.3 is 0 Å². The molecule has 5 nitrogen and oxygen atoms in total. The number of hydrogen-bond donors (Lipinski definition) is 2. The zero-order valence-corrected chi connectivity index (χ0v) is 14.5. The highest BCUT2D eigenvalue weighted by molar-refractivity contribution is 5.94. The lowest BCUT2D eigenvalue weighted by atomic mass is 9.99. The van der Waals surface area contributed by atoms with E-state index in [1.54, 1.807) is 6.20 Å². The number of aromatic nitrogens is 1. The van der Waals surface area contributed by atoms with Crippen molar-refractivity contribution in [3.05, 3.63) is 23.9 Å². The Labute approximate surface area is 139 Å². The molecule has 1 amide bonds. The van der Waals surface area contributed by atoms with Gasteiger partial charge in [0.25, 0.3) is 5.91 Å². The monoisotopic (exact) mass is 319 g/mol. The number of nitrogens with zero attached hydrogens (tertiary/aromatic N) is 2. The van der Waals surface area contributed by atoms with E-state index in [0.717, 1.165) is 24.8 Å². The van der Waals surface area contributed by atoms with Crippen LogP contribution in [0.5, 0.6) is 0 Å². The van der Waals surface area contributed by atoms with Crippen LogP contribution in [0, 0.1) is 11.8 Å². The smallest absolute Gasteiger partial charge is 0.253 e. The van der Waals surface area contributed by atoms with Crippen LogP contribution in [-0.4, -0.2) is 41.7 Å². The summed E-state index contributed by atoms with van der Waals surface area (Å²) in [5.41, 5.74) is 0.572. The number of piperidine rings is 1. The van der Waals surface area contributed by atoms with E-state index in [1.165, 1.54) is 12.8 Å². The van der Waals surface area contributed by atoms with Crippen LogP contribution in [-0.2, 0) is 0 Å². The van der Waals surface area contributed by atoms with Gasteiger partial charge in [0.1, 0.15) is 5.82 Å². The number of aliphatic hydroxyl groups excluding tert-OH is 1. The molecule has 1 aliphatic rings. The first kappa shape index (κ1) is 17.7. The van der Waals surface area contributed by atoms with Crippen LogP contribution in [0.3, 0.4) is 0 Å². The van der Waals surface area contributed by atoms with Crippen LogP contribution in [0.15, 0.2) is 18.3 Å². The third-order valence-corrected chi connectivity index (χ3v) is 4.68.